The molecule has 142 valence electrons. The fraction of sp³-hybridized carbons (Fsp3) is 0.450. The lowest BCUT2D eigenvalue weighted by atomic mass is 10.1. The molecule has 0 spiro atoms. The zero-order chi connectivity index (χ0) is 18.6. The first-order valence-electron chi connectivity index (χ1n) is 9.16. The van der Waals surface area contributed by atoms with E-state index in [1.165, 1.54) is 0 Å². The molecule has 0 fully saturated rings. The quantitative estimate of drug-likeness (QED) is 0.450. The summed E-state index contributed by atoms with van der Waals surface area (Å²) in [6.45, 7) is 6.94. The summed E-state index contributed by atoms with van der Waals surface area (Å²) in [7, 11) is 0. The molecule has 0 aliphatic carbocycles. The summed E-state index contributed by atoms with van der Waals surface area (Å²) in [5.74, 6) is 0.704. The summed E-state index contributed by atoms with van der Waals surface area (Å²) in [6, 6.07) is 14.0. The van der Waals surface area contributed by atoms with E-state index in [0.29, 0.717) is 12.5 Å². The summed E-state index contributed by atoms with van der Waals surface area (Å²) in [6.07, 6.45) is 3.37. The SMILES string of the molecule is CCNC(=NCC(O)COC(C)c1ccccc1)NCCn1cccc1. The van der Waals surface area contributed by atoms with Gasteiger partial charge in [-0.3, -0.25) is 4.99 Å². The highest BCUT2D eigenvalue weighted by atomic mass is 16.5. The first-order valence-corrected chi connectivity index (χ1v) is 9.16. The molecule has 1 heterocycles. The first kappa shape index (κ1) is 20.0. The zero-order valence-corrected chi connectivity index (χ0v) is 15.6. The van der Waals surface area contributed by atoms with Crippen molar-refractivity contribution in [2.45, 2.75) is 32.6 Å². The van der Waals surface area contributed by atoms with Crippen LogP contribution < -0.4 is 10.6 Å². The van der Waals surface area contributed by atoms with Gasteiger partial charge in [-0.1, -0.05) is 30.3 Å². The van der Waals surface area contributed by atoms with E-state index in [2.05, 4.69) is 20.2 Å². The molecule has 3 N–H and O–H groups in total. The zero-order valence-electron chi connectivity index (χ0n) is 15.6. The maximum atomic E-state index is 10.1. The molecule has 6 nitrogen and oxygen atoms in total. The Hall–Kier alpha value is -2.31. The highest BCUT2D eigenvalue weighted by Crippen LogP contribution is 2.15. The van der Waals surface area contributed by atoms with Crippen LogP contribution in [0.25, 0.3) is 0 Å². The van der Waals surface area contributed by atoms with Crippen LogP contribution in [0.1, 0.15) is 25.5 Å². The van der Waals surface area contributed by atoms with Gasteiger partial charge < -0.3 is 25.0 Å². The molecule has 1 aromatic heterocycles. The Morgan fingerprint density at radius 3 is 2.58 bits per heavy atom. The molecule has 0 bridgehead atoms. The summed E-state index contributed by atoms with van der Waals surface area (Å²) in [5.41, 5.74) is 1.10. The van der Waals surface area contributed by atoms with Crippen molar-refractivity contribution in [1.82, 2.24) is 15.2 Å². The third kappa shape index (κ3) is 7.29. The van der Waals surface area contributed by atoms with Gasteiger partial charge in [0.25, 0.3) is 0 Å². The van der Waals surface area contributed by atoms with Gasteiger partial charge in [-0.15, -0.1) is 0 Å². The number of aromatic nitrogens is 1. The molecular weight excluding hydrogens is 328 g/mol. The van der Waals surface area contributed by atoms with Gasteiger partial charge in [0, 0.05) is 32.0 Å². The highest BCUT2D eigenvalue weighted by molar-refractivity contribution is 5.79. The van der Waals surface area contributed by atoms with Crippen LogP contribution in [0, 0.1) is 0 Å². The lowest BCUT2D eigenvalue weighted by Crippen LogP contribution is -2.39. The number of rotatable bonds is 10. The summed E-state index contributed by atoms with van der Waals surface area (Å²) in [5, 5.41) is 16.6. The average molecular weight is 358 g/mol. The highest BCUT2D eigenvalue weighted by Gasteiger charge is 2.10. The molecule has 2 rings (SSSR count). The molecular formula is C20H30N4O2. The van der Waals surface area contributed by atoms with Crippen LogP contribution in [0.4, 0.5) is 0 Å². The Morgan fingerprint density at radius 1 is 1.15 bits per heavy atom. The second-order valence-electron chi connectivity index (χ2n) is 6.11. The summed E-state index contributed by atoms with van der Waals surface area (Å²) < 4.78 is 7.85. The Balaban J connectivity index is 1.72. The number of benzene rings is 1. The van der Waals surface area contributed by atoms with Gasteiger partial charge in [-0.05, 0) is 31.5 Å². The van der Waals surface area contributed by atoms with E-state index < -0.39 is 6.10 Å². The van der Waals surface area contributed by atoms with Crippen LogP contribution in [0.3, 0.4) is 0 Å². The fourth-order valence-corrected chi connectivity index (χ4v) is 2.49. The van der Waals surface area contributed by atoms with Crippen molar-refractivity contribution in [2.24, 2.45) is 4.99 Å². The fourth-order valence-electron chi connectivity index (χ4n) is 2.49. The van der Waals surface area contributed by atoms with Crippen LogP contribution in [0.2, 0.25) is 0 Å². The van der Waals surface area contributed by atoms with E-state index >= 15 is 0 Å². The minimum atomic E-state index is -0.638. The predicted octanol–water partition coefficient (Wildman–Crippen LogP) is 2.18. The maximum Gasteiger partial charge on any atom is 0.191 e. The number of aliphatic imine (C=N–C) groups is 1. The molecule has 0 radical (unpaired) electrons. The molecule has 0 saturated carbocycles. The van der Waals surface area contributed by atoms with Crippen molar-refractivity contribution in [3.8, 4) is 0 Å². The second kappa shape index (κ2) is 11.3. The molecule has 6 heteroatoms. The van der Waals surface area contributed by atoms with Crippen molar-refractivity contribution < 1.29 is 9.84 Å². The van der Waals surface area contributed by atoms with Crippen LogP contribution in [-0.2, 0) is 11.3 Å². The smallest absolute Gasteiger partial charge is 0.191 e. The minimum absolute atomic E-state index is 0.0530. The average Bonchev–Trinajstić information content (AvgIpc) is 3.18. The van der Waals surface area contributed by atoms with Crippen LogP contribution in [0.5, 0.6) is 0 Å². The molecule has 0 aliphatic rings. The Bertz CT molecular complexity index is 629. The number of aliphatic hydroxyl groups is 1. The number of ether oxygens (including phenoxy) is 1. The number of hydrogen-bond donors (Lipinski definition) is 3. The van der Waals surface area contributed by atoms with Gasteiger partial charge in [-0.2, -0.15) is 0 Å². The molecule has 0 aliphatic heterocycles. The molecule has 26 heavy (non-hydrogen) atoms. The van der Waals surface area contributed by atoms with Crippen molar-refractivity contribution >= 4 is 5.96 Å². The molecule has 2 aromatic rings. The van der Waals surface area contributed by atoms with Crippen molar-refractivity contribution in [1.29, 1.82) is 0 Å². The van der Waals surface area contributed by atoms with Crippen molar-refractivity contribution in [3.05, 3.63) is 60.4 Å². The summed E-state index contributed by atoms with van der Waals surface area (Å²) >= 11 is 0. The van der Waals surface area contributed by atoms with Crippen LogP contribution in [-0.4, -0.2) is 48.0 Å². The number of guanidine groups is 1. The van der Waals surface area contributed by atoms with Gasteiger partial charge in [0.15, 0.2) is 5.96 Å². The van der Waals surface area contributed by atoms with Gasteiger partial charge in [0.1, 0.15) is 0 Å². The standard InChI is InChI=1S/C20H30N4O2/c1-3-21-20(22-11-14-24-12-7-8-13-24)23-15-19(25)16-26-17(2)18-9-5-4-6-10-18/h4-10,12-13,17,19,25H,3,11,14-16H2,1-2H3,(H2,21,22,23). The topological polar surface area (TPSA) is 70.8 Å². The second-order valence-corrected chi connectivity index (χ2v) is 6.11. The third-order valence-electron chi connectivity index (χ3n) is 3.94. The Kier molecular flexibility index (Phi) is 8.72. The van der Waals surface area contributed by atoms with Gasteiger partial charge in [0.05, 0.1) is 25.4 Å². The van der Waals surface area contributed by atoms with E-state index in [-0.39, 0.29) is 12.7 Å². The van der Waals surface area contributed by atoms with Crippen LogP contribution in [0.15, 0.2) is 59.9 Å². The van der Waals surface area contributed by atoms with Crippen molar-refractivity contribution in [3.63, 3.8) is 0 Å². The molecule has 1 aromatic carbocycles. The van der Waals surface area contributed by atoms with E-state index in [1.54, 1.807) is 0 Å². The van der Waals surface area contributed by atoms with Gasteiger partial charge in [-0.25, -0.2) is 0 Å². The molecule has 0 amide bonds. The van der Waals surface area contributed by atoms with Crippen molar-refractivity contribution in [2.75, 3.05) is 26.2 Å². The molecule has 2 unspecified atom stereocenters. The lowest BCUT2D eigenvalue weighted by molar-refractivity contribution is 0.00111. The first-order chi connectivity index (χ1) is 12.7. The summed E-state index contributed by atoms with van der Waals surface area (Å²) in [4.78, 5) is 4.44. The van der Waals surface area contributed by atoms with Crippen LogP contribution >= 0.6 is 0 Å². The minimum Gasteiger partial charge on any atom is -0.389 e. The number of nitrogens with one attached hydrogen (secondary N) is 2. The molecule has 0 saturated heterocycles. The Morgan fingerprint density at radius 2 is 1.88 bits per heavy atom. The monoisotopic (exact) mass is 358 g/mol. The Labute approximate surface area is 155 Å². The number of nitrogens with zero attached hydrogens (tertiary/aromatic N) is 2. The van der Waals surface area contributed by atoms with E-state index in [0.717, 1.165) is 25.2 Å². The largest absolute Gasteiger partial charge is 0.389 e. The number of hydrogen-bond acceptors (Lipinski definition) is 3. The predicted molar refractivity (Wildman–Crippen MR) is 105 cm³/mol. The van der Waals surface area contributed by atoms with E-state index in [9.17, 15) is 5.11 Å². The maximum absolute atomic E-state index is 10.1. The van der Waals surface area contributed by atoms with Gasteiger partial charge >= 0.3 is 0 Å². The number of aliphatic hydroxyl groups excluding tert-OH is 1. The van der Waals surface area contributed by atoms with E-state index in [4.69, 9.17) is 4.74 Å². The third-order valence-corrected chi connectivity index (χ3v) is 3.94. The van der Waals surface area contributed by atoms with Gasteiger partial charge in [0.2, 0.25) is 0 Å². The van der Waals surface area contributed by atoms with E-state index in [1.807, 2.05) is 68.7 Å². The lowest BCUT2D eigenvalue weighted by Gasteiger charge is -2.17. The normalized spacial score (nSPS) is 14.0. The molecule has 2 atom stereocenters.